The number of thioether (sulfide) groups is 1. The van der Waals surface area contributed by atoms with Gasteiger partial charge in [0.05, 0.1) is 0 Å². The lowest BCUT2D eigenvalue weighted by Gasteiger charge is -2.28. The Bertz CT molecular complexity index is 1280. The molecule has 7 heteroatoms. The predicted molar refractivity (Wildman–Crippen MR) is 196 cm³/mol. The van der Waals surface area contributed by atoms with Gasteiger partial charge in [-0.25, -0.2) is 0 Å². The summed E-state index contributed by atoms with van der Waals surface area (Å²) in [6, 6.07) is 8.24. The van der Waals surface area contributed by atoms with Gasteiger partial charge in [0, 0.05) is 24.3 Å². The van der Waals surface area contributed by atoms with Crippen molar-refractivity contribution in [3.8, 4) is 11.5 Å². The highest BCUT2D eigenvalue weighted by molar-refractivity contribution is 7.99. The van der Waals surface area contributed by atoms with E-state index in [0.717, 1.165) is 47.1 Å². The van der Waals surface area contributed by atoms with Crippen molar-refractivity contribution < 1.29 is 29.3 Å². The Labute approximate surface area is 289 Å². The molecule has 47 heavy (non-hydrogen) atoms. The van der Waals surface area contributed by atoms with Gasteiger partial charge in [0.25, 0.3) is 0 Å². The van der Waals surface area contributed by atoms with E-state index in [0.29, 0.717) is 49.1 Å². The number of hydrogen-bond acceptors (Lipinski definition) is 7. The number of aryl methyl sites for hydroxylation is 2. The summed E-state index contributed by atoms with van der Waals surface area (Å²) in [7, 11) is 0. The number of carbonyl (C=O) groups is 2. The molecule has 2 rings (SSSR count). The largest absolute Gasteiger partial charge is 0.507 e. The highest BCUT2D eigenvalue weighted by Gasteiger charge is 2.28. The summed E-state index contributed by atoms with van der Waals surface area (Å²) in [5.74, 6) is 1.60. The molecular formula is C40H62O6S. The maximum absolute atomic E-state index is 12.4. The van der Waals surface area contributed by atoms with Crippen molar-refractivity contribution in [2.45, 2.75) is 143 Å². The second kappa shape index (κ2) is 16.6. The molecular weight excluding hydrogens is 609 g/mol. The first kappa shape index (κ1) is 40.5. The predicted octanol–water partition coefficient (Wildman–Crippen LogP) is 9.45. The number of carbonyl (C=O) groups excluding carboxylic acids is 2. The van der Waals surface area contributed by atoms with E-state index in [9.17, 15) is 19.8 Å². The van der Waals surface area contributed by atoms with Gasteiger partial charge < -0.3 is 19.7 Å². The smallest absolute Gasteiger partial charge is 0.306 e. The molecule has 0 bridgehead atoms. The zero-order chi connectivity index (χ0) is 35.8. The SMILES string of the molecule is CC(C)(C)c1cc(CCCCC(=O)OCCSCCOC(=O)CCc2cc(C(C)(C)C)c(O)c(C(C)(C)C)c2)cc(C(C)(C)C)c1O. The molecule has 0 heterocycles. The van der Waals surface area contributed by atoms with Gasteiger partial charge in [0.2, 0.25) is 0 Å². The minimum atomic E-state index is -0.240. The molecule has 0 unspecified atom stereocenters. The van der Waals surface area contributed by atoms with Crippen LogP contribution in [0.2, 0.25) is 0 Å². The molecule has 0 saturated carbocycles. The van der Waals surface area contributed by atoms with Crippen molar-refractivity contribution in [1.29, 1.82) is 0 Å². The van der Waals surface area contributed by atoms with Crippen LogP contribution in [0.5, 0.6) is 11.5 Å². The second-order valence-corrected chi connectivity index (χ2v) is 18.1. The molecule has 2 N–H and O–H groups in total. The van der Waals surface area contributed by atoms with Crippen molar-refractivity contribution >= 4 is 23.7 Å². The lowest BCUT2D eigenvalue weighted by Crippen LogP contribution is -2.18. The summed E-state index contributed by atoms with van der Waals surface area (Å²) in [5.41, 5.74) is 5.17. The van der Waals surface area contributed by atoms with Crippen LogP contribution in [0.3, 0.4) is 0 Å². The summed E-state index contributed by atoms with van der Waals surface area (Å²) in [6.07, 6.45) is 3.68. The highest BCUT2D eigenvalue weighted by atomic mass is 32.2. The minimum Gasteiger partial charge on any atom is -0.507 e. The molecule has 0 fully saturated rings. The molecule has 0 spiro atoms. The third kappa shape index (κ3) is 13.0. The molecule has 0 aliphatic carbocycles. The molecule has 0 saturated heterocycles. The van der Waals surface area contributed by atoms with Crippen LogP contribution in [0.15, 0.2) is 24.3 Å². The molecule has 0 atom stereocenters. The number of esters is 2. The first-order valence-electron chi connectivity index (χ1n) is 17.1. The number of rotatable bonds is 14. The van der Waals surface area contributed by atoms with Gasteiger partial charge in [-0.15, -0.1) is 0 Å². The average molecular weight is 671 g/mol. The fraction of sp³-hybridized carbons (Fsp3) is 0.650. The molecule has 0 aliphatic heterocycles. The Morgan fingerprint density at radius 3 is 1.26 bits per heavy atom. The van der Waals surface area contributed by atoms with E-state index in [1.54, 1.807) is 11.8 Å². The van der Waals surface area contributed by atoms with Crippen molar-refractivity contribution in [2.24, 2.45) is 0 Å². The van der Waals surface area contributed by atoms with Gasteiger partial charge in [-0.05, 0) is 80.7 Å². The Morgan fingerprint density at radius 1 is 0.553 bits per heavy atom. The van der Waals surface area contributed by atoms with Crippen LogP contribution < -0.4 is 0 Å². The quantitative estimate of drug-likeness (QED) is 0.153. The van der Waals surface area contributed by atoms with Crippen LogP contribution in [0.4, 0.5) is 0 Å². The number of benzene rings is 2. The summed E-state index contributed by atoms with van der Waals surface area (Å²) in [6.45, 7) is 25.8. The first-order valence-corrected chi connectivity index (χ1v) is 18.3. The van der Waals surface area contributed by atoms with Crippen LogP contribution in [0.25, 0.3) is 0 Å². The molecule has 0 aliphatic rings. The van der Waals surface area contributed by atoms with E-state index < -0.39 is 0 Å². The maximum atomic E-state index is 12.4. The van der Waals surface area contributed by atoms with E-state index >= 15 is 0 Å². The number of hydrogen-bond donors (Lipinski definition) is 2. The molecule has 264 valence electrons. The fourth-order valence-electron chi connectivity index (χ4n) is 5.48. The van der Waals surface area contributed by atoms with Gasteiger partial charge in [-0.1, -0.05) is 107 Å². The molecule has 6 nitrogen and oxygen atoms in total. The number of unbranched alkanes of at least 4 members (excludes halogenated alkanes) is 1. The van der Waals surface area contributed by atoms with Crippen molar-refractivity contribution in [3.05, 3.63) is 57.6 Å². The molecule has 0 aromatic heterocycles. The molecule has 2 aromatic carbocycles. The van der Waals surface area contributed by atoms with Crippen LogP contribution in [-0.4, -0.2) is 46.9 Å². The Hall–Kier alpha value is -2.67. The second-order valence-electron chi connectivity index (χ2n) is 16.8. The number of phenolic OH excluding ortho intramolecular Hbond substituents is 2. The van der Waals surface area contributed by atoms with Crippen LogP contribution in [-0.2, 0) is 53.6 Å². The lowest BCUT2D eigenvalue weighted by molar-refractivity contribution is -0.143. The number of aromatic hydroxyl groups is 2. The minimum absolute atomic E-state index is 0.161. The summed E-state index contributed by atoms with van der Waals surface area (Å²) in [4.78, 5) is 24.7. The summed E-state index contributed by atoms with van der Waals surface area (Å²) >= 11 is 1.59. The zero-order valence-electron chi connectivity index (χ0n) is 31.3. The normalized spacial score (nSPS) is 12.7. The monoisotopic (exact) mass is 670 g/mol. The van der Waals surface area contributed by atoms with Crippen LogP contribution in [0, 0.1) is 0 Å². The van der Waals surface area contributed by atoms with E-state index in [2.05, 4.69) is 95.2 Å². The van der Waals surface area contributed by atoms with Gasteiger partial charge in [0.15, 0.2) is 0 Å². The van der Waals surface area contributed by atoms with Crippen molar-refractivity contribution in [3.63, 3.8) is 0 Å². The zero-order valence-corrected chi connectivity index (χ0v) is 32.1. The Kier molecular flexibility index (Phi) is 14.3. The summed E-state index contributed by atoms with van der Waals surface area (Å²) < 4.78 is 10.8. The lowest BCUT2D eigenvalue weighted by atomic mass is 9.78. The number of phenols is 2. The van der Waals surface area contributed by atoms with Gasteiger partial charge in [-0.2, -0.15) is 11.8 Å². The van der Waals surface area contributed by atoms with E-state index in [1.807, 2.05) is 12.1 Å². The number of ether oxygens (including phenoxy) is 2. The standard InChI is InChI=1S/C40H62O6S/c1-37(2,3)29-23-27(24-30(35(29)43)38(4,5)6)15-13-14-16-33(41)45-19-21-47-22-20-46-34(42)18-17-28-25-31(39(7,8)9)36(44)32(26-28)40(10,11)12/h23-26,43-44H,13-22H2,1-12H3. The maximum Gasteiger partial charge on any atom is 0.306 e. The molecule has 2 aromatic rings. The average Bonchev–Trinajstić information content (AvgIpc) is 2.92. The van der Waals surface area contributed by atoms with Crippen molar-refractivity contribution in [2.75, 3.05) is 24.7 Å². The molecule has 0 radical (unpaired) electrons. The van der Waals surface area contributed by atoms with Gasteiger partial charge in [0.1, 0.15) is 24.7 Å². The van der Waals surface area contributed by atoms with E-state index in [1.165, 1.54) is 5.56 Å². The van der Waals surface area contributed by atoms with Crippen LogP contribution >= 0.6 is 11.8 Å². The topological polar surface area (TPSA) is 93.1 Å². The highest BCUT2D eigenvalue weighted by Crippen LogP contribution is 2.41. The van der Waals surface area contributed by atoms with Crippen LogP contribution in [0.1, 0.15) is 142 Å². The summed E-state index contributed by atoms with van der Waals surface area (Å²) in [5, 5.41) is 21.9. The Balaban J connectivity index is 1.68. The first-order chi connectivity index (χ1) is 21.5. The molecule has 0 amide bonds. The van der Waals surface area contributed by atoms with E-state index in [4.69, 9.17) is 9.47 Å². The van der Waals surface area contributed by atoms with E-state index in [-0.39, 0.29) is 40.0 Å². The van der Waals surface area contributed by atoms with Gasteiger partial charge >= 0.3 is 11.9 Å². The Morgan fingerprint density at radius 2 is 0.894 bits per heavy atom. The van der Waals surface area contributed by atoms with Crippen molar-refractivity contribution in [1.82, 2.24) is 0 Å². The third-order valence-electron chi connectivity index (χ3n) is 8.27. The fourth-order valence-corrected chi connectivity index (χ4v) is 6.09. The third-order valence-corrected chi connectivity index (χ3v) is 9.18. The van der Waals surface area contributed by atoms with Gasteiger partial charge in [-0.3, -0.25) is 9.59 Å².